The lowest BCUT2D eigenvalue weighted by molar-refractivity contribution is -0.316. The van der Waals surface area contributed by atoms with Gasteiger partial charge in [0.05, 0.1) is 0 Å². The fourth-order valence-electron chi connectivity index (χ4n) is 9.01. The Hall–Kier alpha value is -0.670. The second kappa shape index (κ2) is 13.2. The first-order chi connectivity index (χ1) is 16.8. The summed E-state index contributed by atoms with van der Waals surface area (Å²) in [5, 5.41) is 11.4. The van der Waals surface area contributed by atoms with Gasteiger partial charge in [-0.2, -0.15) is 0 Å². The Kier molecular flexibility index (Phi) is 10.9. The molecule has 0 heterocycles. The molecule has 3 fully saturated rings. The molecule has 0 bridgehead atoms. The number of carboxylic acid groups (broad SMARTS) is 1. The zero-order chi connectivity index (χ0) is 25.6. The molecule has 0 spiro atoms. The number of unbranched alkanes of at least 4 members (excludes halogenated alkanes) is 1. The Morgan fingerprint density at radius 2 is 1.51 bits per heavy atom. The van der Waals surface area contributed by atoms with Gasteiger partial charge in [0.1, 0.15) is 12.3 Å². The van der Waals surface area contributed by atoms with Gasteiger partial charge < -0.3 is 9.90 Å². The van der Waals surface area contributed by atoms with Crippen LogP contribution in [0.25, 0.3) is 0 Å². The van der Waals surface area contributed by atoms with Crippen molar-refractivity contribution in [2.24, 2.45) is 46.8 Å². The predicted octanol–water partition coefficient (Wildman–Crippen LogP) is 8.07. The lowest BCUT2D eigenvalue weighted by Crippen LogP contribution is -2.55. The van der Waals surface area contributed by atoms with Crippen molar-refractivity contribution in [3.8, 4) is 0 Å². The van der Waals surface area contributed by atoms with Crippen LogP contribution in [0.3, 0.4) is 0 Å². The standard InChI is InChI=1S/C31H54F2O2/c1-5-8-9-22-10-12-24(13-11-22)25-16-14-23(15-17-25)21(4)27(7-3)31(19-6-2)20-18-26(30(34)35)28(32)29(31)33/h21-29H,5-20H2,1-4H3,(H,34,35)/p-1. The van der Waals surface area contributed by atoms with Crippen LogP contribution in [0.4, 0.5) is 8.78 Å². The monoisotopic (exact) mass is 495 g/mol. The number of rotatable bonds is 11. The van der Waals surface area contributed by atoms with Crippen molar-refractivity contribution in [3.63, 3.8) is 0 Å². The Balaban J connectivity index is 1.60. The summed E-state index contributed by atoms with van der Waals surface area (Å²) in [7, 11) is 0. The molecular weight excluding hydrogens is 442 g/mol. The molecule has 0 saturated heterocycles. The summed E-state index contributed by atoms with van der Waals surface area (Å²) in [6.07, 6.45) is 14.2. The van der Waals surface area contributed by atoms with Crippen molar-refractivity contribution in [1.82, 2.24) is 0 Å². The molecule has 0 aromatic heterocycles. The number of carboxylic acids is 1. The van der Waals surface area contributed by atoms with Gasteiger partial charge in [-0.25, -0.2) is 8.78 Å². The van der Waals surface area contributed by atoms with Crippen molar-refractivity contribution in [1.29, 1.82) is 0 Å². The smallest absolute Gasteiger partial charge is 0.140 e. The van der Waals surface area contributed by atoms with Crippen LogP contribution in [0.1, 0.15) is 130 Å². The molecule has 204 valence electrons. The lowest BCUT2D eigenvalue weighted by Gasteiger charge is -2.53. The molecule has 2 nitrogen and oxygen atoms in total. The van der Waals surface area contributed by atoms with E-state index in [1.807, 2.05) is 6.92 Å². The van der Waals surface area contributed by atoms with Gasteiger partial charge in [0.25, 0.3) is 0 Å². The van der Waals surface area contributed by atoms with Crippen molar-refractivity contribution in [3.05, 3.63) is 0 Å². The van der Waals surface area contributed by atoms with E-state index in [1.165, 1.54) is 70.6 Å². The van der Waals surface area contributed by atoms with Gasteiger partial charge in [-0.3, -0.25) is 0 Å². The summed E-state index contributed by atoms with van der Waals surface area (Å²) < 4.78 is 30.9. The van der Waals surface area contributed by atoms with Gasteiger partial charge in [-0.05, 0) is 93.3 Å². The minimum absolute atomic E-state index is 0.106. The predicted molar refractivity (Wildman–Crippen MR) is 138 cm³/mol. The van der Waals surface area contributed by atoms with Gasteiger partial charge in [0.15, 0.2) is 0 Å². The number of hydrogen-bond donors (Lipinski definition) is 0. The first-order valence-electron chi connectivity index (χ1n) is 15.3. The topological polar surface area (TPSA) is 40.1 Å². The molecular formula is C31H53F2O2-. The van der Waals surface area contributed by atoms with E-state index in [-0.39, 0.29) is 12.3 Å². The maximum Gasteiger partial charge on any atom is 0.140 e. The minimum Gasteiger partial charge on any atom is -0.550 e. The second-order valence-corrected chi connectivity index (χ2v) is 12.8. The van der Waals surface area contributed by atoms with Crippen LogP contribution in [0.5, 0.6) is 0 Å². The molecule has 3 aliphatic carbocycles. The third-order valence-electron chi connectivity index (χ3n) is 11.0. The molecule has 0 N–H and O–H groups in total. The Labute approximate surface area is 214 Å². The van der Waals surface area contributed by atoms with Crippen molar-refractivity contribution >= 4 is 5.97 Å². The molecule has 0 aromatic rings. The average Bonchev–Trinajstić information content (AvgIpc) is 2.86. The van der Waals surface area contributed by atoms with E-state index in [0.29, 0.717) is 24.7 Å². The van der Waals surface area contributed by atoms with E-state index in [4.69, 9.17) is 0 Å². The first-order valence-corrected chi connectivity index (χ1v) is 15.3. The first kappa shape index (κ1) is 28.9. The third-order valence-corrected chi connectivity index (χ3v) is 11.0. The quantitative estimate of drug-likeness (QED) is 0.291. The molecule has 0 aromatic carbocycles. The normalized spacial score (nSPS) is 40.2. The number of alkyl halides is 2. The van der Waals surface area contributed by atoms with Crippen molar-refractivity contribution in [2.75, 3.05) is 0 Å². The van der Waals surface area contributed by atoms with E-state index in [1.54, 1.807) is 0 Å². The van der Waals surface area contributed by atoms with Crippen molar-refractivity contribution < 1.29 is 18.7 Å². The summed E-state index contributed by atoms with van der Waals surface area (Å²) in [4.78, 5) is 11.4. The molecule has 3 aliphatic rings. The Bertz CT molecular complexity index is 638. The van der Waals surface area contributed by atoms with Crippen molar-refractivity contribution in [2.45, 2.75) is 143 Å². The molecule has 0 amide bonds. The van der Waals surface area contributed by atoms with Crippen LogP contribution in [-0.2, 0) is 4.79 Å². The SMILES string of the molecule is CCCCC1CCC(C2CCC(C(C)C(CC)C3(CCC)CCC(C(=O)[O-])C(F)C3F)CC2)CC1. The fourth-order valence-corrected chi connectivity index (χ4v) is 9.01. The summed E-state index contributed by atoms with van der Waals surface area (Å²) in [6, 6.07) is 0. The molecule has 3 saturated carbocycles. The van der Waals surface area contributed by atoms with Crippen LogP contribution >= 0.6 is 0 Å². The second-order valence-electron chi connectivity index (χ2n) is 12.8. The number of aliphatic carboxylic acids is 1. The molecule has 3 rings (SSSR count). The largest absolute Gasteiger partial charge is 0.550 e. The highest BCUT2D eigenvalue weighted by Gasteiger charge is 2.55. The minimum atomic E-state index is -1.94. The summed E-state index contributed by atoms with van der Waals surface area (Å²) in [6.45, 7) is 8.76. The van der Waals surface area contributed by atoms with Crippen LogP contribution in [-0.4, -0.2) is 18.3 Å². The lowest BCUT2D eigenvalue weighted by atomic mass is 9.54. The number of carbonyl (C=O) groups is 1. The molecule has 4 heteroatoms. The van der Waals surface area contributed by atoms with Crippen LogP contribution in [0.15, 0.2) is 0 Å². The van der Waals surface area contributed by atoms with E-state index in [9.17, 15) is 9.90 Å². The van der Waals surface area contributed by atoms with E-state index >= 15 is 8.78 Å². The highest BCUT2D eigenvalue weighted by atomic mass is 19.2. The zero-order valence-electron chi connectivity index (χ0n) is 23.1. The van der Waals surface area contributed by atoms with E-state index in [2.05, 4.69) is 20.8 Å². The van der Waals surface area contributed by atoms with Gasteiger partial charge in [0, 0.05) is 17.3 Å². The van der Waals surface area contributed by atoms with Gasteiger partial charge in [-0.15, -0.1) is 0 Å². The molecule has 6 unspecified atom stereocenters. The summed E-state index contributed by atoms with van der Waals surface area (Å²) >= 11 is 0. The maximum atomic E-state index is 15.8. The van der Waals surface area contributed by atoms with E-state index in [0.717, 1.165) is 30.6 Å². The van der Waals surface area contributed by atoms with Crippen LogP contribution in [0, 0.1) is 46.8 Å². The number of halogens is 2. The highest BCUT2D eigenvalue weighted by Crippen LogP contribution is 2.56. The molecule has 6 atom stereocenters. The third kappa shape index (κ3) is 6.43. The van der Waals surface area contributed by atoms with Crippen LogP contribution in [0.2, 0.25) is 0 Å². The summed E-state index contributed by atoms with van der Waals surface area (Å²) in [5.74, 6) is 1.03. The fraction of sp³-hybridized carbons (Fsp3) is 0.968. The molecule has 35 heavy (non-hydrogen) atoms. The Morgan fingerprint density at radius 1 is 0.914 bits per heavy atom. The highest BCUT2D eigenvalue weighted by molar-refractivity contribution is 5.68. The maximum absolute atomic E-state index is 15.8. The van der Waals surface area contributed by atoms with Crippen LogP contribution < -0.4 is 5.11 Å². The Morgan fingerprint density at radius 3 is 2.03 bits per heavy atom. The zero-order valence-corrected chi connectivity index (χ0v) is 23.1. The number of carbonyl (C=O) groups excluding carboxylic acids is 1. The van der Waals surface area contributed by atoms with Gasteiger partial charge in [-0.1, -0.05) is 72.6 Å². The van der Waals surface area contributed by atoms with Gasteiger partial charge in [0.2, 0.25) is 0 Å². The average molecular weight is 496 g/mol. The van der Waals surface area contributed by atoms with Gasteiger partial charge >= 0.3 is 0 Å². The molecule has 0 radical (unpaired) electrons. The summed E-state index contributed by atoms with van der Waals surface area (Å²) in [5.41, 5.74) is -0.734. The van der Waals surface area contributed by atoms with E-state index < -0.39 is 29.6 Å². The number of hydrogen-bond acceptors (Lipinski definition) is 2. The molecule has 0 aliphatic heterocycles.